The molecule has 1 amide bonds. The van der Waals surface area contributed by atoms with E-state index in [4.69, 9.17) is 4.74 Å². The predicted octanol–water partition coefficient (Wildman–Crippen LogP) is 5.29. The number of hydrogen-bond donors (Lipinski definition) is 1. The largest absolute Gasteiger partial charge is 0.445 e. The Labute approximate surface area is 149 Å². The molecule has 24 heavy (non-hydrogen) atoms. The van der Waals surface area contributed by atoms with Crippen molar-refractivity contribution < 1.29 is 9.53 Å². The minimum absolute atomic E-state index is 0.264. The monoisotopic (exact) mass is 347 g/mol. The number of amides is 1. The van der Waals surface area contributed by atoms with E-state index in [1.807, 2.05) is 30.3 Å². The molecule has 2 atom stereocenters. The van der Waals surface area contributed by atoms with Gasteiger partial charge in [-0.15, -0.1) is 0 Å². The zero-order valence-corrected chi connectivity index (χ0v) is 15.2. The molecule has 2 aliphatic carbocycles. The van der Waals surface area contributed by atoms with Crippen LogP contribution in [0.25, 0.3) is 0 Å². The van der Waals surface area contributed by atoms with Crippen LogP contribution in [-0.4, -0.2) is 22.6 Å². The van der Waals surface area contributed by atoms with Gasteiger partial charge in [-0.2, -0.15) is 11.8 Å². The summed E-state index contributed by atoms with van der Waals surface area (Å²) >= 11 is 2.14. The predicted molar refractivity (Wildman–Crippen MR) is 100 cm³/mol. The smallest absolute Gasteiger partial charge is 0.407 e. The van der Waals surface area contributed by atoms with Crippen LogP contribution in [-0.2, 0) is 11.3 Å². The van der Waals surface area contributed by atoms with E-state index >= 15 is 0 Å². The number of ether oxygens (including phenoxy) is 1. The highest BCUT2D eigenvalue weighted by atomic mass is 32.2. The normalized spacial score (nSPS) is 25.2. The maximum Gasteiger partial charge on any atom is 0.407 e. The number of thioether (sulfide) groups is 1. The van der Waals surface area contributed by atoms with Crippen LogP contribution in [0.4, 0.5) is 4.79 Å². The molecule has 0 spiro atoms. The van der Waals surface area contributed by atoms with Crippen LogP contribution >= 0.6 is 11.8 Å². The third-order valence-corrected chi connectivity index (χ3v) is 6.91. The van der Waals surface area contributed by atoms with Crippen molar-refractivity contribution in [3.8, 4) is 0 Å². The molecule has 132 valence electrons. The minimum Gasteiger partial charge on any atom is -0.445 e. The van der Waals surface area contributed by atoms with Gasteiger partial charge in [-0.25, -0.2) is 4.79 Å². The van der Waals surface area contributed by atoms with Gasteiger partial charge in [0.05, 0.1) is 0 Å². The van der Waals surface area contributed by atoms with Gasteiger partial charge in [0.25, 0.3) is 0 Å². The number of carbonyl (C=O) groups excluding carboxylic acids is 1. The van der Waals surface area contributed by atoms with E-state index in [2.05, 4.69) is 17.1 Å². The Morgan fingerprint density at radius 2 is 1.71 bits per heavy atom. The molecule has 0 bridgehead atoms. The van der Waals surface area contributed by atoms with Gasteiger partial charge in [0.15, 0.2) is 0 Å². The summed E-state index contributed by atoms with van der Waals surface area (Å²) in [5.74, 6) is 0. The van der Waals surface area contributed by atoms with E-state index in [9.17, 15) is 4.79 Å². The van der Waals surface area contributed by atoms with Gasteiger partial charge < -0.3 is 10.1 Å². The average Bonchev–Trinajstić information content (AvgIpc) is 2.63. The van der Waals surface area contributed by atoms with E-state index in [0.717, 1.165) is 17.2 Å². The minimum atomic E-state index is -0.264. The summed E-state index contributed by atoms with van der Waals surface area (Å²) in [4.78, 5) is 12.2. The lowest BCUT2D eigenvalue weighted by Crippen LogP contribution is -2.44. The third kappa shape index (κ3) is 5.44. The van der Waals surface area contributed by atoms with Gasteiger partial charge in [-0.05, 0) is 31.2 Å². The first-order valence-electron chi connectivity index (χ1n) is 9.44. The van der Waals surface area contributed by atoms with Crippen LogP contribution in [0.1, 0.15) is 63.4 Å². The SMILES string of the molecule is O=C(N[C@@H]1CCCC[C@H]1SC1CCCCC1)OCc1ccccc1. The maximum atomic E-state index is 12.2. The highest BCUT2D eigenvalue weighted by Crippen LogP contribution is 2.37. The Balaban J connectivity index is 1.46. The van der Waals surface area contributed by atoms with Crippen LogP contribution in [0.15, 0.2) is 30.3 Å². The molecule has 4 heteroatoms. The number of rotatable bonds is 5. The number of alkyl carbamates (subject to hydrolysis) is 1. The fraction of sp³-hybridized carbons (Fsp3) is 0.650. The molecule has 0 aliphatic heterocycles. The molecule has 0 saturated heterocycles. The molecule has 2 saturated carbocycles. The van der Waals surface area contributed by atoms with Crippen LogP contribution < -0.4 is 5.32 Å². The van der Waals surface area contributed by atoms with Crippen LogP contribution in [0, 0.1) is 0 Å². The molecule has 3 nitrogen and oxygen atoms in total. The fourth-order valence-corrected chi connectivity index (χ4v) is 5.59. The molecular weight excluding hydrogens is 318 g/mol. The number of hydrogen-bond acceptors (Lipinski definition) is 3. The molecule has 2 aliphatic rings. The first kappa shape index (κ1) is 17.7. The van der Waals surface area contributed by atoms with Crippen molar-refractivity contribution in [2.24, 2.45) is 0 Å². The molecule has 1 N–H and O–H groups in total. The quantitative estimate of drug-likeness (QED) is 0.786. The lowest BCUT2D eigenvalue weighted by molar-refractivity contribution is 0.133. The summed E-state index contributed by atoms with van der Waals surface area (Å²) in [6.07, 6.45) is 11.4. The number of nitrogens with one attached hydrogen (secondary N) is 1. The third-order valence-electron chi connectivity index (χ3n) is 5.14. The second kappa shape index (κ2) is 9.36. The van der Waals surface area contributed by atoms with Crippen molar-refractivity contribution in [3.63, 3.8) is 0 Å². The van der Waals surface area contributed by atoms with Crippen molar-refractivity contribution in [1.29, 1.82) is 0 Å². The first-order chi connectivity index (χ1) is 11.8. The van der Waals surface area contributed by atoms with E-state index in [1.165, 1.54) is 51.4 Å². The number of carbonyl (C=O) groups is 1. The Bertz CT molecular complexity index is 502. The molecule has 0 unspecified atom stereocenters. The standard InChI is InChI=1S/C20H29NO2S/c22-20(23-15-16-9-3-1-4-10-16)21-18-13-7-8-14-19(18)24-17-11-5-2-6-12-17/h1,3-4,9-10,17-19H,2,5-8,11-15H2,(H,21,22)/t18-,19-/m1/s1. The second-order valence-corrected chi connectivity index (χ2v) is 8.58. The van der Waals surface area contributed by atoms with Crippen molar-refractivity contribution >= 4 is 17.9 Å². The highest BCUT2D eigenvalue weighted by Gasteiger charge is 2.30. The molecule has 1 aromatic rings. The van der Waals surface area contributed by atoms with Crippen molar-refractivity contribution in [3.05, 3.63) is 35.9 Å². The molecule has 1 aromatic carbocycles. The summed E-state index contributed by atoms with van der Waals surface area (Å²) in [5.41, 5.74) is 1.03. The Morgan fingerprint density at radius 3 is 2.50 bits per heavy atom. The van der Waals surface area contributed by atoms with Gasteiger partial charge in [0, 0.05) is 16.5 Å². The van der Waals surface area contributed by atoms with Gasteiger partial charge >= 0.3 is 6.09 Å². The lowest BCUT2D eigenvalue weighted by atomic mass is 9.95. The fourth-order valence-electron chi connectivity index (χ4n) is 3.79. The molecular formula is C20H29NO2S. The van der Waals surface area contributed by atoms with Crippen molar-refractivity contribution in [2.45, 2.75) is 80.9 Å². The summed E-state index contributed by atoms with van der Waals surface area (Å²) < 4.78 is 5.41. The van der Waals surface area contributed by atoms with Crippen LogP contribution in [0.3, 0.4) is 0 Å². The van der Waals surface area contributed by atoms with Gasteiger partial charge in [0.1, 0.15) is 6.61 Å². The zero-order chi connectivity index (χ0) is 16.6. The van der Waals surface area contributed by atoms with Crippen LogP contribution in [0.2, 0.25) is 0 Å². The average molecular weight is 348 g/mol. The molecule has 2 fully saturated rings. The first-order valence-corrected chi connectivity index (χ1v) is 10.4. The topological polar surface area (TPSA) is 38.3 Å². The van der Waals surface area contributed by atoms with Crippen molar-refractivity contribution in [1.82, 2.24) is 5.32 Å². The molecule has 0 aromatic heterocycles. The van der Waals surface area contributed by atoms with Gasteiger partial charge in [-0.1, -0.05) is 62.4 Å². The van der Waals surface area contributed by atoms with E-state index in [-0.39, 0.29) is 12.1 Å². The Hall–Kier alpha value is -1.16. The lowest BCUT2D eigenvalue weighted by Gasteiger charge is -2.34. The summed E-state index contributed by atoms with van der Waals surface area (Å²) in [6.45, 7) is 0.347. The molecule has 3 rings (SSSR count). The maximum absolute atomic E-state index is 12.2. The van der Waals surface area contributed by atoms with E-state index in [0.29, 0.717) is 11.9 Å². The van der Waals surface area contributed by atoms with E-state index < -0.39 is 0 Å². The Kier molecular flexibility index (Phi) is 6.88. The summed E-state index contributed by atoms with van der Waals surface area (Å²) in [6, 6.07) is 10.1. The summed E-state index contributed by atoms with van der Waals surface area (Å²) in [7, 11) is 0. The van der Waals surface area contributed by atoms with Gasteiger partial charge in [-0.3, -0.25) is 0 Å². The zero-order valence-electron chi connectivity index (χ0n) is 14.4. The highest BCUT2D eigenvalue weighted by molar-refractivity contribution is 8.00. The Morgan fingerprint density at radius 1 is 1.00 bits per heavy atom. The van der Waals surface area contributed by atoms with Crippen LogP contribution in [0.5, 0.6) is 0 Å². The molecule has 0 heterocycles. The van der Waals surface area contributed by atoms with Crippen molar-refractivity contribution in [2.75, 3.05) is 0 Å². The summed E-state index contributed by atoms with van der Waals surface area (Å²) in [5, 5.41) is 4.51. The molecule has 0 radical (unpaired) electrons. The number of benzene rings is 1. The second-order valence-electron chi connectivity index (χ2n) is 7.03. The van der Waals surface area contributed by atoms with E-state index in [1.54, 1.807) is 0 Å². The van der Waals surface area contributed by atoms with Gasteiger partial charge in [0.2, 0.25) is 0 Å².